The molecule has 106 valence electrons. The maximum Gasteiger partial charge on any atom is 0.246 e. The number of rotatable bonds is 5. The molecule has 0 aliphatic rings. The number of hydrogen-bond acceptors (Lipinski definition) is 2. The van der Waals surface area contributed by atoms with Gasteiger partial charge in [0, 0.05) is 22.7 Å². The second kappa shape index (κ2) is 6.39. The zero-order valence-corrected chi connectivity index (χ0v) is 11.8. The molecule has 3 N–H and O–H groups in total. The van der Waals surface area contributed by atoms with Gasteiger partial charge in [-0.1, -0.05) is 24.3 Å². The smallest absolute Gasteiger partial charge is 0.246 e. The van der Waals surface area contributed by atoms with E-state index in [1.54, 1.807) is 13.0 Å². The Morgan fingerprint density at radius 2 is 2.20 bits per heavy atom. The van der Waals surface area contributed by atoms with Crippen LogP contribution in [0.1, 0.15) is 19.4 Å². The predicted octanol–water partition coefficient (Wildman–Crippen LogP) is 2.15. The molecule has 1 aromatic carbocycles. The molecule has 2 aromatic rings. The van der Waals surface area contributed by atoms with Crippen LogP contribution in [-0.4, -0.2) is 28.6 Å². The van der Waals surface area contributed by atoms with E-state index >= 15 is 0 Å². The Bertz CT molecular complexity index is 628. The summed E-state index contributed by atoms with van der Waals surface area (Å²) in [7, 11) is 0. The monoisotopic (exact) mass is 272 g/mol. The van der Waals surface area contributed by atoms with Gasteiger partial charge in [0.2, 0.25) is 5.91 Å². The Morgan fingerprint density at radius 1 is 1.45 bits per heavy atom. The standard InChI is InChI=1S/C16H20N2O2/c1-3-11(2)16(20)18-13(10-19)8-12-9-17-15-7-5-4-6-14(12)15/h3-7,9,13,17,19H,8,10H2,1-2H3,(H,18,20)/b11-3+/t13-/m0/s1. The first kappa shape index (κ1) is 14.3. The van der Waals surface area contributed by atoms with E-state index in [1.165, 1.54) is 0 Å². The molecule has 0 saturated carbocycles. The van der Waals surface area contributed by atoms with E-state index in [1.807, 2.05) is 37.4 Å². The first-order valence-corrected chi connectivity index (χ1v) is 6.75. The third-order valence-electron chi connectivity index (χ3n) is 3.49. The number of fused-ring (bicyclic) bond motifs is 1. The zero-order valence-electron chi connectivity index (χ0n) is 11.8. The number of aromatic nitrogens is 1. The fraction of sp³-hybridized carbons (Fsp3) is 0.312. The lowest BCUT2D eigenvalue weighted by atomic mass is 10.1. The van der Waals surface area contributed by atoms with Gasteiger partial charge in [-0.15, -0.1) is 0 Å². The number of aromatic amines is 1. The molecule has 20 heavy (non-hydrogen) atoms. The molecule has 0 bridgehead atoms. The maximum absolute atomic E-state index is 11.8. The molecule has 0 fully saturated rings. The number of aliphatic hydroxyl groups is 1. The van der Waals surface area contributed by atoms with Crippen molar-refractivity contribution in [1.29, 1.82) is 0 Å². The number of hydrogen-bond donors (Lipinski definition) is 3. The summed E-state index contributed by atoms with van der Waals surface area (Å²) in [5, 5.41) is 13.4. The molecule has 2 rings (SSSR count). The Kier molecular flexibility index (Phi) is 4.58. The second-order valence-electron chi connectivity index (χ2n) is 4.89. The minimum Gasteiger partial charge on any atom is -0.394 e. The largest absolute Gasteiger partial charge is 0.394 e. The highest BCUT2D eigenvalue weighted by Gasteiger charge is 2.14. The molecule has 1 heterocycles. The molecule has 0 aliphatic heterocycles. The van der Waals surface area contributed by atoms with E-state index in [2.05, 4.69) is 10.3 Å². The fourth-order valence-electron chi connectivity index (χ4n) is 2.16. The van der Waals surface area contributed by atoms with Gasteiger partial charge < -0.3 is 15.4 Å². The summed E-state index contributed by atoms with van der Waals surface area (Å²) in [5.41, 5.74) is 2.82. The molecule has 1 amide bonds. The van der Waals surface area contributed by atoms with Gasteiger partial charge in [-0.3, -0.25) is 4.79 Å². The third kappa shape index (κ3) is 3.08. The molecular formula is C16H20N2O2. The number of aliphatic hydroxyl groups excluding tert-OH is 1. The summed E-state index contributed by atoms with van der Waals surface area (Å²) in [6.07, 6.45) is 4.29. The van der Waals surface area contributed by atoms with Crippen molar-refractivity contribution < 1.29 is 9.90 Å². The summed E-state index contributed by atoms with van der Waals surface area (Å²) >= 11 is 0. The lowest BCUT2D eigenvalue weighted by molar-refractivity contribution is -0.118. The van der Waals surface area contributed by atoms with Crippen molar-refractivity contribution in [3.8, 4) is 0 Å². The topological polar surface area (TPSA) is 65.1 Å². The SMILES string of the molecule is C/C=C(\C)C(=O)N[C@H](CO)Cc1c[nH]c2ccccc12. The highest BCUT2D eigenvalue weighted by molar-refractivity contribution is 5.93. The van der Waals surface area contributed by atoms with Gasteiger partial charge in [-0.05, 0) is 31.9 Å². The highest BCUT2D eigenvalue weighted by atomic mass is 16.3. The molecule has 1 aromatic heterocycles. The number of carbonyl (C=O) groups is 1. The van der Waals surface area contributed by atoms with E-state index in [4.69, 9.17) is 0 Å². The van der Waals surface area contributed by atoms with Crippen LogP contribution in [0.3, 0.4) is 0 Å². The van der Waals surface area contributed by atoms with Crippen LogP contribution in [0.5, 0.6) is 0 Å². The van der Waals surface area contributed by atoms with Gasteiger partial charge in [-0.2, -0.15) is 0 Å². The minimum absolute atomic E-state index is 0.0811. The van der Waals surface area contributed by atoms with Crippen molar-refractivity contribution in [3.63, 3.8) is 0 Å². The molecule has 0 unspecified atom stereocenters. The molecule has 0 aliphatic carbocycles. The van der Waals surface area contributed by atoms with E-state index in [0.717, 1.165) is 16.5 Å². The zero-order chi connectivity index (χ0) is 14.5. The fourth-order valence-corrected chi connectivity index (χ4v) is 2.16. The van der Waals surface area contributed by atoms with Crippen LogP contribution in [0.15, 0.2) is 42.1 Å². The molecule has 0 saturated heterocycles. The van der Waals surface area contributed by atoms with Crippen molar-refractivity contribution in [2.24, 2.45) is 0 Å². The van der Waals surface area contributed by atoms with E-state index < -0.39 is 0 Å². The molecular weight excluding hydrogens is 252 g/mol. The number of allylic oxidation sites excluding steroid dienone is 1. The molecule has 0 radical (unpaired) electrons. The second-order valence-corrected chi connectivity index (χ2v) is 4.89. The van der Waals surface area contributed by atoms with E-state index in [0.29, 0.717) is 12.0 Å². The van der Waals surface area contributed by atoms with Gasteiger partial charge in [0.1, 0.15) is 0 Å². The number of nitrogens with one attached hydrogen (secondary N) is 2. The molecule has 0 spiro atoms. The lowest BCUT2D eigenvalue weighted by Gasteiger charge is -2.16. The van der Waals surface area contributed by atoms with Gasteiger partial charge in [-0.25, -0.2) is 0 Å². The normalized spacial score (nSPS) is 13.4. The van der Waals surface area contributed by atoms with Crippen molar-refractivity contribution >= 4 is 16.8 Å². The number of benzene rings is 1. The summed E-state index contributed by atoms with van der Waals surface area (Å²) in [6.45, 7) is 3.50. The first-order valence-electron chi connectivity index (χ1n) is 6.75. The average molecular weight is 272 g/mol. The Hall–Kier alpha value is -2.07. The van der Waals surface area contributed by atoms with Crippen LogP contribution in [0.25, 0.3) is 10.9 Å². The Morgan fingerprint density at radius 3 is 2.90 bits per heavy atom. The van der Waals surface area contributed by atoms with Crippen LogP contribution in [0.4, 0.5) is 0 Å². The Balaban J connectivity index is 2.12. The van der Waals surface area contributed by atoms with E-state index in [9.17, 15) is 9.90 Å². The summed E-state index contributed by atoms with van der Waals surface area (Å²) in [4.78, 5) is 15.0. The van der Waals surface area contributed by atoms with Gasteiger partial charge in [0.05, 0.1) is 12.6 Å². The van der Waals surface area contributed by atoms with Gasteiger partial charge in [0.15, 0.2) is 0 Å². The van der Waals surface area contributed by atoms with Crippen LogP contribution >= 0.6 is 0 Å². The van der Waals surface area contributed by atoms with Crippen molar-refractivity contribution in [2.45, 2.75) is 26.3 Å². The number of H-pyrrole nitrogens is 1. The molecule has 1 atom stereocenters. The number of amides is 1. The van der Waals surface area contributed by atoms with Gasteiger partial charge >= 0.3 is 0 Å². The van der Waals surface area contributed by atoms with E-state index in [-0.39, 0.29) is 18.6 Å². The van der Waals surface area contributed by atoms with Crippen molar-refractivity contribution in [2.75, 3.05) is 6.61 Å². The first-order chi connectivity index (χ1) is 9.65. The van der Waals surface area contributed by atoms with Crippen LogP contribution in [-0.2, 0) is 11.2 Å². The van der Waals surface area contributed by atoms with Crippen LogP contribution < -0.4 is 5.32 Å². The quantitative estimate of drug-likeness (QED) is 0.730. The molecule has 4 heteroatoms. The van der Waals surface area contributed by atoms with Gasteiger partial charge in [0.25, 0.3) is 0 Å². The van der Waals surface area contributed by atoms with Crippen molar-refractivity contribution in [1.82, 2.24) is 10.3 Å². The third-order valence-corrected chi connectivity index (χ3v) is 3.49. The maximum atomic E-state index is 11.8. The Labute approximate surface area is 118 Å². The van der Waals surface area contributed by atoms with Crippen molar-refractivity contribution in [3.05, 3.63) is 47.7 Å². The number of para-hydroxylation sites is 1. The van der Waals surface area contributed by atoms with Crippen LogP contribution in [0, 0.1) is 0 Å². The highest BCUT2D eigenvalue weighted by Crippen LogP contribution is 2.19. The minimum atomic E-state index is -0.281. The van der Waals surface area contributed by atoms with Crippen LogP contribution in [0.2, 0.25) is 0 Å². The number of carbonyl (C=O) groups excluding carboxylic acids is 1. The predicted molar refractivity (Wildman–Crippen MR) is 80.5 cm³/mol. The lowest BCUT2D eigenvalue weighted by Crippen LogP contribution is -2.39. The summed E-state index contributed by atoms with van der Waals surface area (Å²) < 4.78 is 0. The summed E-state index contributed by atoms with van der Waals surface area (Å²) in [6, 6.07) is 7.72. The summed E-state index contributed by atoms with van der Waals surface area (Å²) in [5.74, 6) is -0.133. The molecule has 4 nitrogen and oxygen atoms in total. The average Bonchev–Trinajstić information content (AvgIpc) is 2.88.